The van der Waals surface area contributed by atoms with Crippen LogP contribution in [-0.2, 0) is 11.2 Å². The Morgan fingerprint density at radius 3 is 2.57 bits per heavy atom. The number of rotatable bonds is 4. The maximum atomic E-state index is 13.0. The summed E-state index contributed by atoms with van der Waals surface area (Å²) >= 11 is 0. The van der Waals surface area contributed by atoms with E-state index in [2.05, 4.69) is 4.98 Å². The first-order chi connectivity index (χ1) is 13.6. The number of halogens is 1. The van der Waals surface area contributed by atoms with Crippen molar-refractivity contribution in [2.24, 2.45) is 0 Å². The normalized spacial score (nSPS) is 14.1. The number of carbonyl (C=O) groups excluding carboxylic acids is 1. The molecule has 1 aliphatic rings. The van der Waals surface area contributed by atoms with Gasteiger partial charge in [0.1, 0.15) is 11.9 Å². The Labute approximate surface area is 160 Å². The fourth-order valence-corrected chi connectivity index (χ4v) is 3.15. The number of hydrogen-bond acceptors (Lipinski definition) is 6. The lowest BCUT2D eigenvalue weighted by atomic mass is 10.1. The second-order valence-corrected chi connectivity index (χ2v) is 6.43. The Balaban J connectivity index is 1.41. The van der Waals surface area contributed by atoms with Gasteiger partial charge >= 0.3 is 0 Å². The number of furan rings is 1. The van der Waals surface area contributed by atoms with E-state index < -0.39 is 0 Å². The van der Waals surface area contributed by atoms with Gasteiger partial charge in [-0.3, -0.25) is 4.79 Å². The fourth-order valence-electron chi connectivity index (χ4n) is 3.15. The summed E-state index contributed by atoms with van der Waals surface area (Å²) in [7, 11) is 0. The minimum atomic E-state index is -0.320. The van der Waals surface area contributed by atoms with Crippen molar-refractivity contribution < 1.29 is 18.0 Å². The molecule has 0 N–H and O–H groups in total. The van der Waals surface area contributed by atoms with Crippen molar-refractivity contribution >= 4 is 11.8 Å². The van der Waals surface area contributed by atoms with Crippen molar-refractivity contribution in [1.82, 2.24) is 9.88 Å². The molecule has 0 unspecified atom stereocenters. The van der Waals surface area contributed by atoms with E-state index in [-0.39, 0.29) is 29.7 Å². The van der Waals surface area contributed by atoms with Gasteiger partial charge in [-0.05, 0) is 29.8 Å². The smallest absolute Gasteiger partial charge is 0.266 e. The van der Waals surface area contributed by atoms with Gasteiger partial charge in [0.05, 0.1) is 12.7 Å². The Morgan fingerprint density at radius 1 is 1.18 bits per heavy atom. The second kappa shape index (κ2) is 7.56. The van der Waals surface area contributed by atoms with Gasteiger partial charge in [0.15, 0.2) is 5.76 Å². The number of nitrogens with zero attached hydrogens (tertiary/aromatic N) is 4. The molecule has 1 fully saturated rings. The van der Waals surface area contributed by atoms with Crippen molar-refractivity contribution in [3.05, 3.63) is 59.7 Å². The van der Waals surface area contributed by atoms with Crippen LogP contribution in [0.25, 0.3) is 11.7 Å². The highest BCUT2D eigenvalue weighted by Gasteiger charge is 2.27. The van der Waals surface area contributed by atoms with E-state index in [0.717, 1.165) is 5.56 Å². The lowest BCUT2D eigenvalue weighted by molar-refractivity contribution is -0.130. The predicted octanol–water partition coefficient (Wildman–Crippen LogP) is 2.84. The standard InChI is InChI=1S/C20H17FN4O3/c21-15-5-3-14(4-6-15)12-18(26)24-7-9-25(10-8-24)20-16(13-22)23-19(28-20)17-2-1-11-27-17/h1-6,11H,7-10,12H2. The lowest BCUT2D eigenvalue weighted by Crippen LogP contribution is -2.49. The van der Waals surface area contributed by atoms with Gasteiger partial charge in [0, 0.05) is 26.2 Å². The van der Waals surface area contributed by atoms with E-state index in [1.165, 1.54) is 18.4 Å². The largest absolute Gasteiger partial charge is 0.459 e. The van der Waals surface area contributed by atoms with Crippen LogP contribution in [0.3, 0.4) is 0 Å². The summed E-state index contributed by atoms with van der Waals surface area (Å²) in [5.41, 5.74) is 0.969. The Kier molecular flexibility index (Phi) is 4.81. The minimum Gasteiger partial charge on any atom is -0.459 e. The van der Waals surface area contributed by atoms with E-state index in [0.29, 0.717) is 37.8 Å². The number of amides is 1. The van der Waals surface area contributed by atoms with E-state index in [9.17, 15) is 14.4 Å². The lowest BCUT2D eigenvalue weighted by Gasteiger charge is -2.34. The molecule has 0 spiro atoms. The molecule has 4 rings (SSSR count). The van der Waals surface area contributed by atoms with Gasteiger partial charge in [-0.2, -0.15) is 10.2 Å². The maximum absolute atomic E-state index is 13.0. The summed E-state index contributed by atoms with van der Waals surface area (Å²) in [5.74, 6) is 0.765. The van der Waals surface area contributed by atoms with Crippen LogP contribution in [0, 0.1) is 17.1 Å². The molecule has 0 atom stereocenters. The van der Waals surface area contributed by atoms with Crippen LogP contribution in [0.5, 0.6) is 0 Å². The summed E-state index contributed by atoms with van der Waals surface area (Å²) < 4.78 is 24.0. The molecule has 8 heteroatoms. The number of hydrogen-bond donors (Lipinski definition) is 0. The summed E-state index contributed by atoms with van der Waals surface area (Å²) in [5, 5.41) is 9.36. The first-order valence-corrected chi connectivity index (χ1v) is 8.86. The average molecular weight is 380 g/mol. The van der Waals surface area contributed by atoms with Gasteiger partial charge in [-0.25, -0.2) is 4.39 Å². The van der Waals surface area contributed by atoms with Crippen LogP contribution in [-0.4, -0.2) is 42.0 Å². The highest BCUT2D eigenvalue weighted by Crippen LogP contribution is 2.29. The van der Waals surface area contributed by atoms with E-state index in [1.54, 1.807) is 29.2 Å². The summed E-state index contributed by atoms with van der Waals surface area (Å²) in [6, 6.07) is 11.4. The molecular formula is C20H17FN4O3. The average Bonchev–Trinajstić information content (AvgIpc) is 3.39. The Bertz CT molecular complexity index is 997. The Hall–Kier alpha value is -3.60. The van der Waals surface area contributed by atoms with Gasteiger partial charge in [0.2, 0.25) is 17.5 Å². The predicted molar refractivity (Wildman–Crippen MR) is 97.8 cm³/mol. The number of oxazole rings is 1. The number of piperazine rings is 1. The van der Waals surface area contributed by atoms with Crippen molar-refractivity contribution in [3.8, 4) is 17.7 Å². The number of benzene rings is 1. The molecule has 0 bridgehead atoms. The quantitative estimate of drug-likeness (QED) is 0.692. The molecule has 0 saturated carbocycles. The van der Waals surface area contributed by atoms with Gasteiger partial charge in [-0.15, -0.1) is 0 Å². The topological polar surface area (TPSA) is 86.5 Å². The number of anilines is 1. The summed E-state index contributed by atoms with van der Waals surface area (Å²) in [6.45, 7) is 2.05. The summed E-state index contributed by atoms with van der Waals surface area (Å²) in [4.78, 5) is 20.3. The molecule has 3 aromatic rings. The van der Waals surface area contributed by atoms with Gasteiger partial charge in [0.25, 0.3) is 5.89 Å². The summed E-state index contributed by atoms with van der Waals surface area (Å²) in [6.07, 6.45) is 1.74. The van der Waals surface area contributed by atoms with Crippen molar-refractivity contribution in [2.75, 3.05) is 31.1 Å². The molecular weight excluding hydrogens is 363 g/mol. The molecule has 1 aliphatic heterocycles. The third-order valence-electron chi connectivity index (χ3n) is 4.64. The van der Waals surface area contributed by atoms with Crippen molar-refractivity contribution in [3.63, 3.8) is 0 Å². The zero-order chi connectivity index (χ0) is 19.5. The molecule has 142 valence electrons. The first kappa shape index (κ1) is 17.8. The van der Waals surface area contributed by atoms with Crippen LogP contribution < -0.4 is 4.90 Å². The number of aromatic nitrogens is 1. The molecule has 1 aromatic carbocycles. The molecule has 2 aromatic heterocycles. The zero-order valence-electron chi connectivity index (χ0n) is 15.0. The van der Waals surface area contributed by atoms with E-state index in [4.69, 9.17) is 8.83 Å². The van der Waals surface area contributed by atoms with Crippen LogP contribution >= 0.6 is 0 Å². The third kappa shape index (κ3) is 3.60. The van der Waals surface area contributed by atoms with Crippen molar-refractivity contribution in [1.29, 1.82) is 5.26 Å². The van der Waals surface area contributed by atoms with Gasteiger partial charge in [-0.1, -0.05) is 12.1 Å². The SMILES string of the molecule is N#Cc1nc(-c2ccco2)oc1N1CCN(C(=O)Cc2ccc(F)cc2)CC1. The zero-order valence-corrected chi connectivity index (χ0v) is 15.0. The second-order valence-electron chi connectivity index (χ2n) is 6.43. The van der Waals surface area contributed by atoms with Crippen molar-refractivity contribution in [2.45, 2.75) is 6.42 Å². The molecule has 0 radical (unpaired) electrons. The monoisotopic (exact) mass is 380 g/mol. The maximum Gasteiger partial charge on any atom is 0.266 e. The molecule has 3 heterocycles. The Morgan fingerprint density at radius 2 is 1.93 bits per heavy atom. The van der Waals surface area contributed by atoms with Gasteiger partial charge < -0.3 is 18.6 Å². The molecule has 1 amide bonds. The fraction of sp³-hybridized carbons (Fsp3) is 0.250. The number of carbonyl (C=O) groups is 1. The molecule has 28 heavy (non-hydrogen) atoms. The highest BCUT2D eigenvalue weighted by atomic mass is 19.1. The highest BCUT2D eigenvalue weighted by molar-refractivity contribution is 5.79. The van der Waals surface area contributed by atoms with Crippen LogP contribution in [0.1, 0.15) is 11.3 Å². The van der Waals surface area contributed by atoms with Crippen LogP contribution in [0.15, 0.2) is 51.5 Å². The van der Waals surface area contributed by atoms with E-state index in [1.807, 2.05) is 11.0 Å². The van der Waals surface area contributed by atoms with E-state index >= 15 is 0 Å². The molecule has 1 saturated heterocycles. The minimum absolute atomic E-state index is 0.0133. The number of nitriles is 1. The first-order valence-electron chi connectivity index (χ1n) is 8.86. The molecule has 0 aliphatic carbocycles. The van der Waals surface area contributed by atoms with Crippen LogP contribution in [0.4, 0.5) is 10.3 Å². The molecule has 7 nitrogen and oxygen atoms in total. The van der Waals surface area contributed by atoms with Crippen LogP contribution in [0.2, 0.25) is 0 Å². The third-order valence-corrected chi connectivity index (χ3v) is 4.64.